The van der Waals surface area contributed by atoms with Crippen LogP contribution in [0.1, 0.15) is 44.5 Å². The van der Waals surface area contributed by atoms with E-state index in [4.69, 9.17) is 9.97 Å². The van der Waals surface area contributed by atoms with Gasteiger partial charge < -0.3 is 4.90 Å². The normalized spacial score (nSPS) is 12.9. The maximum Gasteiger partial charge on any atom is 0.251 e. The molecule has 12 rings (SSSR count). The second-order valence-electron chi connectivity index (χ2n) is 17.7. The molecule has 4 heteroatoms. The van der Waals surface area contributed by atoms with Crippen LogP contribution in [-0.2, 0) is 0 Å². The van der Waals surface area contributed by atoms with Crippen molar-refractivity contribution in [1.82, 2.24) is 9.97 Å². The third-order valence-corrected chi connectivity index (χ3v) is 14.1. The molecule has 0 aliphatic carbocycles. The molecule has 0 fully saturated rings. The quantitative estimate of drug-likeness (QED) is 0.167. The summed E-state index contributed by atoms with van der Waals surface area (Å²) in [6.45, 7) is 17.9. The molecule has 60 heavy (non-hydrogen) atoms. The molecule has 0 saturated heterocycles. The molecule has 0 atom stereocenters. The molecule has 3 aliphatic rings. The van der Waals surface area contributed by atoms with Gasteiger partial charge >= 0.3 is 0 Å². The largest absolute Gasteiger partial charge is 0.309 e. The van der Waals surface area contributed by atoms with Gasteiger partial charge in [-0.25, -0.2) is 0 Å². The van der Waals surface area contributed by atoms with Crippen molar-refractivity contribution in [2.75, 3.05) is 4.90 Å². The predicted molar refractivity (Wildman–Crippen MR) is 255 cm³/mol. The molecule has 0 unspecified atom stereocenters. The highest BCUT2D eigenvalue weighted by molar-refractivity contribution is 6.99. The summed E-state index contributed by atoms with van der Waals surface area (Å²) >= 11 is 0. The van der Waals surface area contributed by atoms with Gasteiger partial charge in [-0.05, 0) is 145 Å². The molecule has 3 aliphatic heterocycles. The fraction of sp³-hybridized carbons (Fsp3) is 0.143. The van der Waals surface area contributed by atoms with Crippen LogP contribution in [0.15, 0.2) is 122 Å². The minimum atomic E-state index is -0.0494. The van der Waals surface area contributed by atoms with Crippen LogP contribution in [0.4, 0.5) is 17.1 Å². The van der Waals surface area contributed by atoms with E-state index >= 15 is 0 Å². The Morgan fingerprint density at radius 2 is 0.750 bits per heavy atom. The molecule has 0 radical (unpaired) electrons. The smallest absolute Gasteiger partial charge is 0.251 e. The number of fused-ring (bicyclic) bond motifs is 2. The molecule has 7 aromatic carbocycles. The van der Waals surface area contributed by atoms with Gasteiger partial charge in [0.25, 0.3) is 6.71 Å². The molecular formula is C56H44BN3. The SMILES string of the molecule is Cc1cccc(C)c1B1c2cnc3c(-c4c(C)cccc4C)ccc4c3c2N2c3c-4cc(-c4c(C)cccc4C)cc3-c3ccc(-c4c(C)cccc4C)c4ncc1c2c34. The molecule has 286 valence electrons. The van der Waals surface area contributed by atoms with E-state index in [1.54, 1.807) is 0 Å². The van der Waals surface area contributed by atoms with Gasteiger partial charge in [0.1, 0.15) is 0 Å². The number of anilines is 3. The minimum absolute atomic E-state index is 0.0494. The van der Waals surface area contributed by atoms with Crippen LogP contribution in [-0.4, -0.2) is 16.7 Å². The Morgan fingerprint density at radius 3 is 1.17 bits per heavy atom. The van der Waals surface area contributed by atoms with Crippen LogP contribution in [0.25, 0.3) is 77.4 Å². The highest BCUT2D eigenvalue weighted by atomic mass is 15.2. The first-order chi connectivity index (χ1) is 29.1. The van der Waals surface area contributed by atoms with Gasteiger partial charge in [-0.15, -0.1) is 0 Å². The first-order valence-electron chi connectivity index (χ1n) is 21.3. The lowest BCUT2D eigenvalue weighted by Gasteiger charge is -2.45. The summed E-state index contributed by atoms with van der Waals surface area (Å²) in [5, 5.41) is 2.46. The fourth-order valence-electron chi connectivity index (χ4n) is 11.6. The van der Waals surface area contributed by atoms with Gasteiger partial charge in [-0.3, -0.25) is 9.97 Å². The van der Waals surface area contributed by atoms with Crippen LogP contribution in [0.5, 0.6) is 0 Å². The highest BCUT2D eigenvalue weighted by Gasteiger charge is 2.46. The monoisotopic (exact) mass is 769 g/mol. The second-order valence-corrected chi connectivity index (χ2v) is 17.7. The zero-order chi connectivity index (χ0) is 40.9. The van der Waals surface area contributed by atoms with Crippen molar-refractivity contribution < 1.29 is 0 Å². The number of benzene rings is 7. The summed E-state index contributed by atoms with van der Waals surface area (Å²) in [5.74, 6) is 0. The molecule has 0 N–H and O–H groups in total. The maximum atomic E-state index is 5.57. The molecule has 2 aromatic heterocycles. The van der Waals surface area contributed by atoms with E-state index in [1.165, 1.54) is 144 Å². The Morgan fingerprint density at radius 1 is 0.383 bits per heavy atom. The van der Waals surface area contributed by atoms with Crippen LogP contribution < -0.4 is 21.3 Å². The average molecular weight is 770 g/mol. The number of hydrogen-bond donors (Lipinski definition) is 0. The Kier molecular flexibility index (Phi) is 7.26. The number of aromatic nitrogens is 2. The van der Waals surface area contributed by atoms with Crippen molar-refractivity contribution in [3.8, 4) is 55.6 Å². The summed E-state index contributed by atoms with van der Waals surface area (Å²) < 4.78 is 0. The van der Waals surface area contributed by atoms with Gasteiger partial charge in [0.2, 0.25) is 0 Å². The van der Waals surface area contributed by atoms with E-state index in [0.29, 0.717) is 0 Å². The summed E-state index contributed by atoms with van der Waals surface area (Å²) in [7, 11) is 0. The highest BCUT2D eigenvalue weighted by Crippen LogP contribution is 2.61. The molecular weight excluding hydrogens is 725 g/mol. The Hall–Kier alpha value is -6.78. The Balaban J connectivity index is 1.31. The molecule has 0 bridgehead atoms. The third kappa shape index (κ3) is 4.51. The number of aryl methyl sites for hydroxylation is 8. The van der Waals surface area contributed by atoms with E-state index in [1.807, 2.05) is 0 Å². The summed E-state index contributed by atoms with van der Waals surface area (Å²) in [6.07, 6.45) is 4.42. The zero-order valence-electron chi connectivity index (χ0n) is 35.5. The molecule has 3 nitrogen and oxygen atoms in total. The Labute approximate surface area is 352 Å². The van der Waals surface area contributed by atoms with Crippen molar-refractivity contribution in [1.29, 1.82) is 0 Å². The predicted octanol–water partition coefficient (Wildman–Crippen LogP) is 12.5. The van der Waals surface area contributed by atoms with E-state index in [0.717, 1.165) is 11.0 Å². The number of hydrogen-bond acceptors (Lipinski definition) is 3. The number of pyridine rings is 2. The summed E-state index contributed by atoms with van der Waals surface area (Å²) in [5.41, 5.74) is 32.3. The summed E-state index contributed by atoms with van der Waals surface area (Å²) in [6, 6.07) is 41.1. The lowest BCUT2D eigenvalue weighted by atomic mass is 9.34. The van der Waals surface area contributed by atoms with Crippen molar-refractivity contribution in [3.63, 3.8) is 0 Å². The third-order valence-electron chi connectivity index (χ3n) is 14.1. The molecule has 0 saturated carbocycles. The van der Waals surface area contributed by atoms with Gasteiger partial charge in [0.05, 0.1) is 28.1 Å². The van der Waals surface area contributed by atoms with E-state index < -0.39 is 0 Å². The van der Waals surface area contributed by atoms with Crippen LogP contribution in [0.2, 0.25) is 0 Å². The minimum Gasteiger partial charge on any atom is -0.309 e. The van der Waals surface area contributed by atoms with E-state index in [9.17, 15) is 0 Å². The zero-order valence-corrected chi connectivity index (χ0v) is 35.5. The van der Waals surface area contributed by atoms with Gasteiger partial charge in [0, 0.05) is 45.4 Å². The summed E-state index contributed by atoms with van der Waals surface area (Å²) in [4.78, 5) is 13.8. The molecule has 0 spiro atoms. The van der Waals surface area contributed by atoms with Gasteiger partial charge in [0.15, 0.2) is 0 Å². The lowest BCUT2D eigenvalue weighted by Crippen LogP contribution is -2.59. The number of rotatable bonds is 4. The van der Waals surface area contributed by atoms with Crippen LogP contribution in [0, 0.1) is 55.4 Å². The first kappa shape index (κ1) is 35.2. The standard InChI is InChI=1S/C56H44BN3/c1-29-13-9-14-30(2)46(29)37-25-42-38-21-23-40(47-31(3)15-10-16-32(47)4)52-49(38)55-44(27-58-52)57(51-35(7)19-12-20-36(51)8)45-28-59-53-41(48-33(5)17-11-18-34(48)6)24-22-39-43(26-37)54(42)60(55)56(45)50(39)53/h9-28H,1-8H3. The van der Waals surface area contributed by atoms with Crippen molar-refractivity contribution in [2.24, 2.45) is 0 Å². The van der Waals surface area contributed by atoms with E-state index in [-0.39, 0.29) is 6.71 Å². The number of nitrogens with zero attached hydrogens (tertiary/aromatic N) is 3. The van der Waals surface area contributed by atoms with Gasteiger partial charge in [-0.1, -0.05) is 114 Å². The molecule has 5 heterocycles. The van der Waals surface area contributed by atoms with Crippen LogP contribution in [0.3, 0.4) is 0 Å². The second kappa shape index (κ2) is 12.4. The van der Waals surface area contributed by atoms with E-state index in [2.05, 4.69) is 182 Å². The topological polar surface area (TPSA) is 29.0 Å². The molecule has 0 amide bonds. The molecule has 9 aromatic rings. The lowest BCUT2D eigenvalue weighted by molar-refractivity contribution is 1.26. The van der Waals surface area contributed by atoms with Crippen molar-refractivity contribution in [2.45, 2.75) is 55.4 Å². The first-order valence-corrected chi connectivity index (χ1v) is 21.3. The average Bonchev–Trinajstić information content (AvgIpc) is 3.22. The van der Waals surface area contributed by atoms with Crippen molar-refractivity contribution >= 4 is 62.0 Å². The van der Waals surface area contributed by atoms with Crippen LogP contribution >= 0.6 is 0 Å². The fourth-order valence-corrected chi connectivity index (χ4v) is 11.6. The van der Waals surface area contributed by atoms with Crippen molar-refractivity contribution in [3.05, 3.63) is 166 Å². The maximum absolute atomic E-state index is 5.57. The van der Waals surface area contributed by atoms with Gasteiger partial charge in [-0.2, -0.15) is 0 Å². The Bertz CT molecular complexity index is 3180.